The Morgan fingerprint density at radius 1 is 0.884 bits per heavy atom. The summed E-state index contributed by atoms with van der Waals surface area (Å²) in [5, 5.41) is 38.8. The van der Waals surface area contributed by atoms with Gasteiger partial charge < -0.3 is 36.4 Å². The highest BCUT2D eigenvalue weighted by Crippen LogP contribution is 2.12. The van der Waals surface area contributed by atoms with Crippen LogP contribution in [0.5, 0.6) is 5.75 Å². The fourth-order valence-corrected chi connectivity index (χ4v) is 5.02. The molecule has 0 heterocycles. The van der Waals surface area contributed by atoms with E-state index in [1.54, 1.807) is 12.1 Å². The lowest BCUT2D eigenvalue weighted by Gasteiger charge is -2.28. The number of carboxylic acid groups (broad SMARTS) is 1. The highest BCUT2D eigenvalue weighted by atomic mass is 32.2. The predicted molar refractivity (Wildman–Crippen MR) is 167 cm³/mol. The van der Waals surface area contributed by atoms with Gasteiger partial charge in [-0.1, -0.05) is 60.1 Å². The average Bonchev–Trinajstić information content (AvgIpc) is 2.95. The van der Waals surface area contributed by atoms with E-state index >= 15 is 0 Å². The van der Waals surface area contributed by atoms with Crippen molar-refractivity contribution < 1.29 is 29.1 Å². The Morgan fingerprint density at radius 3 is 2.09 bits per heavy atom. The fourth-order valence-electron chi connectivity index (χ4n) is 4.45. The van der Waals surface area contributed by atoms with Gasteiger partial charge in [0.25, 0.3) is 0 Å². The summed E-state index contributed by atoms with van der Waals surface area (Å²) in [6.07, 6.45) is 2.83. The first-order chi connectivity index (χ1) is 20.5. The van der Waals surface area contributed by atoms with E-state index < -0.39 is 53.3 Å². The smallest absolute Gasteiger partial charge is 0.320 e. The van der Waals surface area contributed by atoms with Crippen LogP contribution in [0, 0.1) is 5.41 Å². The average molecular weight is 617 g/mol. The molecule has 0 radical (unpaired) electrons. The number of hydrogen-bond acceptors (Lipinski definition) is 8. The van der Waals surface area contributed by atoms with E-state index in [9.17, 15) is 29.1 Å². The number of phenolic OH excluding ortho intramolecular Hbond substituents is 1. The number of unbranched alkanes of at least 4 members (excludes halogenated alkanes) is 1. The standard InChI is InChI=1S/C30H44N6O6S/c1-20(32)33-26(18-22-11-13-23(37)14-12-22)29(39)35-24(15-17-43(2)42)28(38)36-27(19-21-8-4-3-5-9-21)34-25(30(40)41)10-6-7-16-31/h3-5,8-9,11-14,24-27,34,37H,6-7,10,15-19,31H2,1-2H3,(H2,32,33)(H,35,39)(H,36,38)(H,40,41)/t24-,25+,26+,27+,43?/m1/s1. The zero-order valence-corrected chi connectivity index (χ0v) is 25.5. The van der Waals surface area contributed by atoms with Crippen LogP contribution in [0.3, 0.4) is 0 Å². The summed E-state index contributed by atoms with van der Waals surface area (Å²) in [6, 6.07) is 12.7. The van der Waals surface area contributed by atoms with Crippen LogP contribution in [0.4, 0.5) is 0 Å². The minimum absolute atomic E-state index is 0.0519. The number of hydrogen-bond donors (Lipinski definition) is 8. The lowest BCUT2D eigenvalue weighted by Crippen LogP contribution is -2.59. The molecule has 9 N–H and O–H groups in total. The number of nitrogens with one attached hydrogen (secondary N) is 5. The number of carboxylic acids is 1. The van der Waals surface area contributed by atoms with Gasteiger partial charge >= 0.3 is 5.97 Å². The molecule has 0 saturated carbocycles. The Labute approximate surface area is 255 Å². The van der Waals surface area contributed by atoms with Crippen molar-refractivity contribution >= 4 is 34.8 Å². The third kappa shape index (κ3) is 13.9. The van der Waals surface area contributed by atoms with E-state index in [2.05, 4.69) is 21.3 Å². The fraction of sp³-hybridized carbons (Fsp3) is 0.467. The molecule has 2 aromatic rings. The van der Waals surface area contributed by atoms with Gasteiger partial charge in [0, 0.05) is 19.3 Å². The molecule has 2 aromatic carbocycles. The Hall–Kier alpha value is -3.65. The van der Waals surface area contributed by atoms with E-state index in [1.807, 2.05) is 30.3 Å². The van der Waals surface area contributed by atoms with Crippen LogP contribution in [0.15, 0.2) is 54.6 Å². The summed E-state index contributed by atoms with van der Waals surface area (Å²) in [5.41, 5.74) is 7.16. The first-order valence-corrected chi connectivity index (χ1v) is 15.9. The van der Waals surface area contributed by atoms with Crippen LogP contribution in [0.1, 0.15) is 43.7 Å². The number of aromatic hydroxyl groups is 1. The summed E-state index contributed by atoms with van der Waals surface area (Å²) >= 11 is -1.24. The maximum Gasteiger partial charge on any atom is 0.320 e. The number of carbonyl (C=O) groups is 3. The molecule has 0 fully saturated rings. The minimum atomic E-state index is -1.24. The third-order valence-electron chi connectivity index (χ3n) is 6.66. The van der Waals surface area contributed by atoms with Crippen LogP contribution in [-0.2, 0) is 38.4 Å². The van der Waals surface area contributed by atoms with Gasteiger partial charge in [0.15, 0.2) is 0 Å². The molecule has 0 spiro atoms. The molecular weight excluding hydrogens is 572 g/mol. The van der Waals surface area contributed by atoms with Gasteiger partial charge in [-0.05, 0) is 49.6 Å². The lowest BCUT2D eigenvalue weighted by molar-refractivity contribution is -0.140. The Balaban J connectivity index is 2.26. The summed E-state index contributed by atoms with van der Waals surface area (Å²) < 4.78 is 11.9. The second-order valence-corrected chi connectivity index (χ2v) is 12.0. The first kappa shape index (κ1) is 35.5. The number of rotatable bonds is 19. The zero-order valence-electron chi connectivity index (χ0n) is 24.7. The van der Waals surface area contributed by atoms with Crippen molar-refractivity contribution in [1.29, 1.82) is 5.41 Å². The molecule has 0 aliphatic carbocycles. The van der Waals surface area contributed by atoms with E-state index in [-0.39, 0.29) is 36.6 Å². The van der Waals surface area contributed by atoms with Crippen molar-refractivity contribution in [2.75, 3.05) is 18.6 Å². The molecule has 0 aliphatic heterocycles. The number of aliphatic carboxylic acids is 1. The molecule has 2 rings (SSSR count). The SMILES string of the molecule is CC(=N)N[C@@H](Cc1ccc(O)cc1)C(=O)N[C@H](CC[S+](C)[O-])C(=O)N[C@@H](Cc1ccccc1)N[C@@H](CCCCN)C(=O)O. The highest BCUT2D eigenvalue weighted by Gasteiger charge is 2.30. The molecule has 0 bridgehead atoms. The Kier molecular flexibility index (Phi) is 15.5. The molecule has 236 valence electrons. The molecule has 1 unspecified atom stereocenters. The third-order valence-corrected chi connectivity index (χ3v) is 7.47. The van der Waals surface area contributed by atoms with Gasteiger partial charge in [0.05, 0.1) is 18.3 Å². The minimum Gasteiger partial charge on any atom is -0.617 e. The molecule has 0 aliphatic rings. The van der Waals surface area contributed by atoms with Crippen molar-refractivity contribution in [1.82, 2.24) is 21.3 Å². The molecule has 13 heteroatoms. The second-order valence-electron chi connectivity index (χ2n) is 10.4. The maximum atomic E-state index is 13.6. The normalized spacial score (nSPS) is 14.5. The monoisotopic (exact) mass is 616 g/mol. The largest absolute Gasteiger partial charge is 0.617 e. The van der Waals surface area contributed by atoms with E-state index in [1.165, 1.54) is 25.3 Å². The van der Waals surface area contributed by atoms with Gasteiger partial charge in [0.2, 0.25) is 11.8 Å². The van der Waals surface area contributed by atoms with Crippen molar-refractivity contribution in [2.24, 2.45) is 5.73 Å². The van der Waals surface area contributed by atoms with E-state index in [4.69, 9.17) is 11.1 Å². The molecule has 12 nitrogen and oxygen atoms in total. The van der Waals surface area contributed by atoms with E-state index in [0.717, 1.165) is 11.1 Å². The molecule has 2 amide bonds. The summed E-state index contributed by atoms with van der Waals surface area (Å²) in [5.74, 6) is -1.89. The quantitative estimate of drug-likeness (QED) is 0.0371. The van der Waals surface area contributed by atoms with Crippen molar-refractivity contribution in [3.05, 3.63) is 65.7 Å². The van der Waals surface area contributed by atoms with Gasteiger partial charge in [-0.2, -0.15) is 0 Å². The number of amidine groups is 1. The molecule has 0 aromatic heterocycles. The van der Waals surface area contributed by atoms with Crippen molar-refractivity contribution in [3.63, 3.8) is 0 Å². The van der Waals surface area contributed by atoms with Crippen LogP contribution in [-0.4, -0.2) is 81.2 Å². The van der Waals surface area contributed by atoms with Gasteiger partial charge in [0.1, 0.15) is 29.6 Å². The predicted octanol–water partition coefficient (Wildman–Crippen LogP) is 1.00. The molecule has 43 heavy (non-hydrogen) atoms. The van der Waals surface area contributed by atoms with Gasteiger partial charge in [-0.25, -0.2) is 0 Å². The van der Waals surface area contributed by atoms with Gasteiger partial charge in [-0.15, -0.1) is 0 Å². The number of amides is 2. The molecule has 5 atom stereocenters. The lowest BCUT2D eigenvalue weighted by atomic mass is 10.0. The summed E-state index contributed by atoms with van der Waals surface area (Å²) in [4.78, 5) is 39.1. The highest BCUT2D eigenvalue weighted by molar-refractivity contribution is 7.90. The molecular formula is C30H44N6O6S. The van der Waals surface area contributed by atoms with Crippen LogP contribution >= 0.6 is 0 Å². The van der Waals surface area contributed by atoms with Crippen molar-refractivity contribution in [2.45, 2.75) is 69.7 Å². The number of benzene rings is 2. The summed E-state index contributed by atoms with van der Waals surface area (Å²) in [7, 11) is 0. The Bertz CT molecular complexity index is 1170. The Morgan fingerprint density at radius 2 is 1.51 bits per heavy atom. The summed E-state index contributed by atoms with van der Waals surface area (Å²) in [6.45, 7) is 1.94. The van der Waals surface area contributed by atoms with Crippen LogP contribution in [0.2, 0.25) is 0 Å². The number of carbonyl (C=O) groups excluding carboxylic acids is 2. The van der Waals surface area contributed by atoms with E-state index in [0.29, 0.717) is 25.8 Å². The zero-order chi connectivity index (χ0) is 31.8. The number of nitrogens with two attached hydrogens (primary N) is 1. The first-order valence-electron chi connectivity index (χ1n) is 14.2. The van der Waals surface area contributed by atoms with Crippen LogP contribution < -0.4 is 27.0 Å². The second kappa shape index (κ2) is 18.8. The molecule has 0 saturated heterocycles. The van der Waals surface area contributed by atoms with Crippen molar-refractivity contribution in [3.8, 4) is 5.75 Å². The van der Waals surface area contributed by atoms with Gasteiger partial charge in [-0.3, -0.25) is 25.1 Å². The topological polar surface area (TPSA) is 213 Å². The number of phenols is 1. The van der Waals surface area contributed by atoms with Crippen LogP contribution in [0.25, 0.3) is 0 Å². The maximum absolute atomic E-state index is 13.6.